The third kappa shape index (κ3) is 5.65. The SMILES string of the molecule is COCCNCC(CC(C)C)c1ccc(C)cc1. The molecule has 0 aliphatic heterocycles. The third-order valence-corrected chi connectivity index (χ3v) is 3.18. The number of nitrogens with one attached hydrogen (secondary N) is 1. The van der Waals surface area contributed by atoms with Gasteiger partial charge in [0.15, 0.2) is 0 Å². The first-order valence-electron chi connectivity index (χ1n) is 6.89. The first-order valence-corrected chi connectivity index (χ1v) is 6.89. The average Bonchev–Trinajstić information content (AvgIpc) is 2.34. The van der Waals surface area contributed by atoms with Crippen LogP contribution in [0.3, 0.4) is 0 Å². The molecule has 18 heavy (non-hydrogen) atoms. The van der Waals surface area contributed by atoms with Gasteiger partial charge in [0.2, 0.25) is 0 Å². The van der Waals surface area contributed by atoms with Crippen LogP contribution in [0.15, 0.2) is 24.3 Å². The summed E-state index contributed by atoms with van der Waals surface area (Å²) in [6.45, 7) is 9.45. The lowest BCUT2D eigenvalue weighted by Gasteiger charge is -2.20. The Balaban J connectivity index is 2.57. The lowest BCUT2D eigenvalue weighted by molar-refractivity contribution is 0.198. The topological polar surface area (TPSA) is 21.3 Å². The molecule has 1 N–H and O–H groups in total. The van der Waals surface area contributed by atoms with Crippen molar-refractivity contribution in [2.24, 2.45) is 5.92 Å². The molecule has 2 nitrogen and oxygen atoms in total. The largest absolute Gasteiger partial charge is 0.383 e. The molecule has 0 radical (unpaired) electrons. The molecule has 0 aliphatic rings. The summed E-state index contributed by atoms with van der Waals surface area (Å²) in [4.78, 5) is 0. The van der Waals surface area contributed by atoms with Crippen molar-refractivity contribution in [1.82, 2.24) is 5.32 Å². The van der Waals surface area contributed by atoms with Gasteiger partial charge in [-0.3, -0.25) is 0 Å². The molecule has 0 aliphatic carbocycles. The van der Waals surface area contributed by atoms with Crippen LogP contribution >= 0.6 is 0 Å². The summed E-state index contributed by atoms with van der Waals surface area (Å²) in [6.07, 6.45) is 1.23. The first-order chi connectivity index (χ1) is 8.63. The van der Waals surface area contributed by atoms with E-state index in [0.29, 0.717) is 5.92 Å². The Morgan fingerprint density at radius 1 is 1.17 bits per heavy atom. The van der Waals surface area contributed by atoms with Gasteiger partial charge < -0.3 is 10.1 Å². The van der Waals surface area contributed by atoms with E-state index in [4.69, 9.17) is 4.74 Å². The van der Waals surface area contributed by atoms with E-state index < -0.39 is 0 Å². The predicted molar refractivity (Wildman–Crippen MR) is 78.1 cm³/mol. The number of hydrogen-bond donors (Lipinski definition) is 1. The van der Waals surface area contributed by atoms with Gasteiger partial charge in [-0.15, -0.1) is 0 Å². The van der Waals surface area contributed by atoms with Gasteiger partial charge in [-0.1, -0.05) is 43.7 Å². The van der Waals surface area contributed by atoms with E-state index in [1.54, 1.807) is 7.11 Å². The van der Waals surface area contributed by atoms with Gasteiger partial charge in [0.05, 0.1) is 6.61 Å². The molecule has 102 valence electrons. The van der Waals surface area contributed by atoms with Crippen LogP contribution in [-0.2, 0) is 4.74 Å². The highest BCUT2D eigenvalue weighted by Crippen LogP contribution is 2.23. The van der Waals surface area contributed by atoms with Crippen molar-refractivity contribution >= 4 is 0 Å². The van der Waals surface area contributed by atoms with Crippen LogP contribution in [0, 0.1) is 12.8 Å². The van der Waals surface area contributed by atoms with E-state index >= 15 is 0 Å². The second-order valence-electron chi connectivity index (χ2n) is 5.43. The highest BCUT2D eigenvalue weighted by atomic mass is 16.5. The van der Waals surface area contributed by atoms with E-state index in [2.05, 4.69) is 50.4 Å². The van der Waals surface area contributed by atoms with Crippen LogP contribution < -0.4 is 5.32 Å². The standard InChI is InChI=1S/C16H27NO/c1-13(2)11-16(12-17-9-10-18-4)15-7-5-14(3)6-8-15/h5-8,13,16-17H,9-12H2,1-4H3. The molecule has 1 aromatic carbocycles. The molecule has 0 saturated heterocycles. The van der Waals surface area contributed by atoms with E-state index in [1.807, 2.05) is 0 Å². The second-order valence-corrected chi connectivity index (χ2v) is 5.43. The predicted octanol–water partition coefficient (Wildman–Crippen LogP) is 3.36. The summed E-state index contributed by atoms with van der Waals surface area (Å²) in [6, 6.07) is 8.94. The monoisotopic (exact) mass is 249 g/mol. The Morgan fingerprint density at radius 2 is 1.83 bits per heavy atom. The zero-order chi connectivity index (χ0) is 13.4. The third-order valence-electron chi connectivity index (χ3n) is 3.18. The fraction of sp³-hybridized carbons (Fsp3) is 0.625. The second kappa shape index (κ2) is 8.28. The van der Waals surface area contributed by atoms with Crippen LogP contribution in [0.5, 0.6) is 0 Å². The van der Waals surface area contributed by atoms with Gasteiger partial charge in [-0.25, -0.2) is 0 Å². The number of aryl methyl sites for hydroxylation is 1. The summed E-state index contributed by atoms with van der Waals surface area (Å²) >= 11 is 0. The Labute approximate surface area is 112 Å². The van der Waals surface area contributed by atoms with Crippen LogP contribution in [0.1, 0.15) is 37.3 Å². The van der Waals surface area contributed by atoms with E-state index in [9.17, 15) is 0 Å². The van der Waals surface area contributed by atoms with Crippen LogP contribution in [0.25, 0.3) is 0 Å². The number of rotatable bonds is 8. The zero-order valence-electron chi connectivity index (χ0n) is 12.2. The Hall–Kier alpha value is -0.860. The molecule has 0 heterocycles. The number of methoxy groups -OCH3 is 1. The lowest BCUT2D eigenvalue weighted by atomic mass is 9.90. The minimum atomic E-state index is 0.599. The van der Waals surface area contributed by atoms with Crippen molar-refractivity contribution in [2.45, 2.75) is 33.1 Å². The molecule has 1 atom stereocenters. The molecule has 1 aromatic rings. The summed E-state index contributed by atoms with van der Waals surface area (Å²) in [5, 5.41) is 3.48. The summed E-state index contributed by atoms with van der Waals surface area (Å²) < 4.78 is 5.06. The molecule has 1 rings (SSSR count). The van der Waals surface area contributed by atoms with E-state index in [1.165, 1.54) is 17.5 Å². The maximum atomic E-state index is 5.06. The smallest absolute Gasteiger partial charge is 0.0587 e. The van der Waals surface area contributed by atoms with Crippen molar-refractivity contribution in [3.63, 3.8) is 0 Å². The number of ether oxygens (including phenoxy) is 1. The maximum Gasteiger partial charge on any atom is 0.0587 e. The van der Waals surface area contributed by atoms with Crippen molar-refractivity contribution in [1.29, 1.82) is 0 Å². The summed E-state index contributed by atoms with van der Waals surface area (Å²) in [5.74, 6) is 1.32. The van der Waals surface area contributed by atoms with Crippen molar-refractivity contribution in [3.8, 4) is 0 Å². The zero-order valence-corrected chi connectivity index (χ0v) is 12.2. The van der Waals surface area contributed by atoms with Crippen molar-refractivity contribution < 1.29 is 4.74 Å². The van der Waals surface area contributed by atoms with Crippen molar-refractivity contribution in [3.05, 3.63) is 35.4 Å². The molecule has 0 saturated carbocycles. The van der Waals surface area contributed by atoms with E-state index in [0.717, 1.165) is 25.6 Å². The van der Waals surface area contributed by atoms with Crippen LogP contribution in [0.2, 0.25) is 0 Å². The molecular formula is C16H27NO. The average molecular weight is 249 g/mol. The Kier molecular flexibility index (Phi) is 6.99. The first kappa shape index (κ1) is 15.2. The lowest BCUT2D eigenvalue weighted by Crippen LogP contribution is -2.25. The van der Waals surface area contributed by atoms with E-state index in [-0.39, 0.29) is 0 Å². The molecule has 0 aromatic heterocycles. The number of benzene rings is 1. The quantitative estimate of drug-likeness (QED) is 0.713. The molecule has 0 bridgehead atoms. The molecule has 0 fully saturated rings. The summed E-state index contributed by atoms with van der Waals surface area (Å²) in [5.41, 5.74) is 2.77. The highest BCUT2D eigenvalue weighted by molar-refractivity contribution is 5.24. The normalized spacial score (nSPS) is 12.9. The maximum absolute atomic E-state index is 5.06. The van der Waals surface area contributed by atoms with Crippen molar-refractivity contribution in [2.75, 3.05) is 26.8 Å². The highest BCUT2D eigenvalue weighted by Gasteiger charge is 2.12. The van der Waals surface area contributed by atoms with Gasteiger partial charge in [-0.05, 0) is 30.7 Å². The Bertz CT molecular complexity index is 318. The fourth-order valence-electron chi connectivity index (χ4n) is 2.20. The van der Waals surface area contributed by atoms with Gasteiger partial charge in [-0.2, -0.15) is 0 Å². The fourth-order valence-corrected chi connectivity index (χ4v) is 2.20. The molecular weight excluding hydrogens is 222 g/mol. The summed E-state index contributed by atoms with van der Waals surface area (Å²) in [7, 11) is 1.74. The molecule has 1 unspecified atom stereocenters. The molecule has 2 heteroatoms. The minimum Gasteiger partial charge on any atom is -0.383 e. The molecule has 0 amide bonds. The Morgan fingerprint density at radius 3 is 2.39 bits per heavy atom. The number of hydrogen-bond acceptors (Lipinski definition) is 2. The van der Waals surface area contributed by atoms with Crippen LogP contribution in [-0.4, -0.2) is 26.8 Å². The van der Waals surface area contributed by atoms with Gasteiger partial charge in [0.25, 0.3) is 0 Å². The van der Waals surface area contributed by atoms with Gasteiger partial charge in [0, 0.05) is 20.2 Å². The van der Waals surface area contributed by atoms with Gasteiger partial charge >= 0.3 is 0 Å². The minimum absolute atomic E-state index is 0.599. The van der Waals surface area contributed by atoms with Crippen LogP contribution in [0.4, 0.5) is 0 Å². The molecule has 0 spiro atoms. The van der Waals surface area contributed by atoms with Gasteiger partial charge in [0.1, 0.15) is 0 Å².